The molecule has 0 atom stereocenters. The molecule has 0 saturated heterocycles. The van der Waals surface area contributed by atoms with Gasteiger partial charge >= 0.3 is 6.09 Å². The Bertz CT molecular complexity index is 372. The molecule has 4 nitrogen and oxygen atoms in total. The molecule has 0 spiro atoms. The van der Waals surface area contributed by atoms with Crippen LogP contribution < -0.4 is 15.8 Å². The Hall–Kier alpha value is -0.970. The number of carbonyl (C=O) groups excluding carboxylic acids is 1. The van der Waals surface area contributed by atoms with Crippen molar-refractivity contribution in [1.82, 2.24) is 5.32 Å². The summed E-state index contributed by atoms with van der Waals surface area (Å²) in [4.78, 5) is 11.3. The molecule has 0 aromatic heterocycles. The molecule has 1 rings (SSSR count). The van der Waals surface area contributed by atoms with E-state index in [-0.39, 0.29) is 5.75 Å². The summed E-state index contributed by atoms with van der Waals surface area (Å²) in [5.41, 5.74) is 5.28. The van der Waals surface area contributed by atoms with Crippen LogP contribution in [-0.2, 0) is 0 Å². The number of ether oxygens (including phenoxy) is 1. The van der Waals surface area contributed by atoms with E-state index in [0.717, 1.165) is 0 Å². The van der Waals surface area contributed by atoms with E-state index in [4.69, 9.17) is 33.7 Å². The van der Waals surface area contributed by atoms with Gasteiger partial charge in [-0.1, -0.05) is 23.2 Å². The first-order valence-corrected chi connectivity index (χ1v) is 5.50. The van der Waals surface area contributed by atoms with Crippen LogP contribution in [0.5, 0.6) is 5.75 Å². The van der Waals surface area contributed by atoms with Gasteiger partial charge in [0, 0.05) is 11.6 Å². The molecule has 0 heterocycles. The van der Waals surface area contributed by atoms with E-state index >= 15 is 0 Å². The molecule has 1 amide bonds. The molecule has 0 saturated carbocycles. The quantitative estimate of drug-likeness (QED) is 0.820. The predicted octanol–water partition coefficient (Wildman–Crippen LogP) is 2.43. The van der Waals surface area contributed by atoms with E-state index in [9.17, 15) is 4.79 Å². The Morgan fingerprint density at radius 1 is 1.44 bits per heavy atom. The van der Waals surface area contributed by atoms with Crippen LogP contribution in [-0.4, -0.2) is 19.2 Å². The van der Waals surface area contributed by atoms with Crippen molar-refractivity contribution in [3.05, 3.63) is 28.2 Å². The molecule has 0 fully saturated rings. The van der Waals surface area contributed by atoms with E-state index in [0.29, 0.717) is 29.6 Å². The molecule has 6 heteroatoms. The van der Waals surface area contributed by atoms with Crippen molar-refractivity contribution in [2.45, 2.75) is 6.42 Å². The number of amides is 1. The van der Waals surface area contributed by atoms with Crippen LogP contribution in [0.4, 0.5) is 4.79 Å². The third kappa shape index (κ3) is 4.26. The van der Waals surface area contributed by atoms with Crippen LogP contribution in [0.2, 0.25) is 10.0 Å². The van der Waals surface area contributed by atoms with Crippen LogP contribution >= 0.6 is 23.2 Å². The van der Waals surface area contributed by atoms with Crippen LogP contribution in [0.1, 0.15) is 6.42 Å². The lowest BCUT2D eigenvalue weighted by atomic mass is 10.3. The highest BCUT2D eigenvalue weighted by molar-refractivity contribution is 6.35. The van der Waals surface area contributed by atoms with Gasteiger partial charge in [-0.15, -0.1) is 0 Å². The molecule has 88 valence electrons. The fraction of sp³-hybridized carbons (Fsp3) is 0.300. The van der Waals surface area contributed by atoms with Gasteiger partial charge in [0.05, 0.1) is 5.02 Å². The maximum absolute atomic E-state index is 11.3. The fourth-order valence-electron chi connectivity index (χ4n) is 0.986. The summed E-state index contributed by atoms with van der Waals surface area (Å²) < 4.78 is 4.97. The Labute approximate surface area is 104 Å². The molecule has 0 radical (unpaired) electrons. The van der Waals surface area contributed by atoms with Crippen molar-refractivity contribution < 1.29 is 9.53 Å². The van der Waals surface area contributed by atoms with Gasteiger partial charge in [-0.25, -0.2) is 4.79 Å². The fourth-order valence-corrected chi connectivity index (χ4v) is 1.43. The number of rotatable bonds is 4. The summed E-state index contributed by atoms with van der Waals surface area (Å²) in [6, 6.07) is 4.63. The second-order valence-corrected chi connectivity index (χ2v) is 3.88. The average molecular weight is 263 g/mol. The van der Waals surface area contributed by atoms with Gasteiger partial charge in [0.1, 0.15) is 0 Å². The minimum Gasteiger partial charge on any atom is -0.409 e. The van der Waals surface area contributed by atoms with Crippen LogP contribution in [0, 0.1) is 0 Å². The summed E-state index contributed by atoms with van der Waals surface area (Å²) in [5, 5.41) is 3.32. The van der Waals surface area contributed by atoms with Crippen molar-refractivity contribution in [1.29, 1.82) is 0 Å². The first kappa shape index (κ1) is 13.1. The lowest BCUT2D eigenvalue weighted by Gasteiger charge is -2.07. The van der Waals surface area contributed by atoms with E-state index < -0.39 is 6.09 Å². The Balaban J connectivity index is 2.49. The van der Waals surface area contributed by atoms with Crippen LogP contribution in [0.25, 0.3) is 0 Å². The summed E-state index contributed by atoms with van der Waals surface area (Å²) >= 11 is 11.5. The van der Waals surface area contributed by atoms with Gasteiger partial charge in [-0.2, -0.15) is 0 Å². The number of nitrogens with one attached hydrogen (secondary N) is 1. The van der Waals surface area contributed by atoms with Gasteiger partial charge in [0.25, 0.3) is 0 Å². The minimum absolute atomic E-state index is 0.274. The highest BCUT2D eigenvalue weighted by Gasteiger charge is 2.07. The maximum Gasteiger partial charge on any atom is 0.412 e. The molecule has 1 aromatic carbocycles. The second kappa shape index (κ2) is 6.58. The van der Waals surface area contributed by atoms with Gasteiger partial charge in [0.15, 0.2) is 5.75 Å². The van der Waals surface area contributed by atoms with Gasteiger partial charge in [-0.3, -0.25) is 0 Å². The van der Waals surface area contributed by atoms with E-state index in [2.05, 4.69) is 5.32 Å². The molecule has 16 heavy (non-hydrogen) atoms. The third-order valence-corrected chi connectivity index (χ3v) is 2.28. The Kier molecular flexibility index (Phi) is 5.38. The summed E-state index contributed by atoms with van der Waals surface area (Å²) in [7, 11) is 0. The SMILES string of the molecule is NCCCNC(=O)Oc1ccc(Cl)cc1Cl. The maximum atomic E-state index is 11.3. The summed E-state index contributed by atoms with van der Waals surface area (Å²) in [5.74, 6) is 0.274. The zero-order valence-corrected chi connectivity index (χ0v) is 10.0. The van der Waals surface area contributed by atoms with Crippen molar-refractivity contribution in [2.75, 3.05) is 13.1 Å². The molecule has 0 aliphatic heterocycles. The number of benzene rings is 1. The topological polar surface area (TPSA) is 64.3 Å². The second-order valence-electron chi connectivity index (χ2n) is 3.03. The highest BCUT2D eigenvalue weighted by Crippen LogP contribution is 2.27. The number of hydrogen-bond acceptors (Lipinski definition) is 3. The first-order valence-electron chi connectivity index (χ1n) is 4.74. The average Bonchev–Trinajstić information content (AvgIpc) is 2.23. The minimum atomic E-state index is -0.558. The van der Waals surface area contributed by atoms with E-state index in [1.165, 1.54) is 12.1 Å². The van der Waals surface area contributed by atoms with Crippen molar-refractivity contribution in [2.24, 2.45) is 5.73 Å². The molecule has 0 aliphatic carbocycles. The number of carbonyl (C=O) groups is 1. The lowest BCUT2D eigenvalue weighted by molar-refractivity contribution is 0.200. The zero-order valence-electron chi connectivity index (χ0n) is 8.50. The van der Waals surface area contributed by atoms with Crippen LogP contribution in [0.15, 0.2) is 18.2 Å². The van der Waals surface area contributed by atoms with Gasteiger partial charge < -0.3 is 15.8 Å². The smallest absolute Gasteiger partial charge is 0.409 e. The standard InChI is InChI=1S/C10H12Cl2N2O2/c11-7-2-3-9(8(12)6-7)16-10(15)14-5-1-4-13/h2-3,6H,1,4-5,13H2,(H,14,15). The highest BCUT2D eigenvalue weighted by atomic mass is 35.5. The van der Waals surface area contributed by atoms with E-state index in [1.54, 1.807) is 6.07 Å². The molecular formula is C10H12Cl2N2O2. The molecule has 3 N–H and O–H groups in total. The lowest BCUT2D eigenvalue weighted by Crippen LogP contribution is -2.28. The number of hydrogen-bond donors (Lipinski definition) is 2. The van der Waals surface area contributed by atoms with Crippen LogP contribution in [0.3, 0.4) is 0 Å². The first-order chi connectivity index (χ1) is 7.63. The van der Waals surface area contributed by atoms with Crippen molar-refractivity contribution in [3.8, 4) is 5.75 Å². The van der Waals surface area contributed by atoms with Gasteiger partial charge in [-0.05, 0) is 31.2 Å². The summed E-state index contributed by atoms with van der Waals surface area (Å²) in [6.07, 6.45) is 0.140. The molecule has 0 unspecified atom stereocenters. The predicted molar refractivity (Wildman–Crippen MR) is 64.2 cm³/mol. The largest absolute Gasteiger partial charge is 0.412 e. The monoisotopic (exact) mass is 262 g/mol. The molecule has 0 aliphatic rings. The number of halogens is 2. The normalized spacial score (nSPS) is 9.94. The zero-order chi connectivity index (χ0) is 12.0. The molecular weight excluding hydrogens is 251 g/mol. The van der Waals surface area contributed by atoms with Crippen molar-refractivity contribution in [3.63, 3.8) is 0 Å². The molecule has 0 bridgehead atoms. The molecule has 1 aromatic rings. The summed E-state index contributed by atoms with van der Waals surface area (Å²) in [6.45, 7) is 0.989. The Morgan fingerprint density at radius 3 is 2.81 bits per heavy atom. The number of nitrogens with two attached hydrogens (primary N) is 1. The third-order valence-electron chi connectivity index (χ3n) is 1.75. The van der Waals surface area contributed by atoms with E-state index in [1.807, 2.05) is 0 Å². The Morgan fingerprint density at radius 2 is 2.19 bits per heavy atom. The van der Waals surface area contributed by atoms with Crippen molar-refractivity contribution >= 4 is 29.3 Å². The van der Waals surface area contributed by atoms with Gasteiger partial charge in [0.2, 0.25) is 0 Å².